The molecule has 0 spiro atoms. The van der Waals surface area contributed by atoms with E-state index in [-0.39, 0.29) is 0 Å². The number of benzene rings is 3. The molecular weight excluding hydrogens is 346 g/mol. The zero-order valence-electron chi connectivity index (χ0n) is 15.6. The maximum absolute atomic E-state index is 6.17. The van der Waals surface area contributed by atoms with Gasteiger partial charge < -0.3 is 13.9 Å². The highest BCUT2D eigenvalue weighted by Crippen LogP contribution is 2.34. The van der Waals surface area contributed by atoms with Gasteiger partial charge in [-0.3, -0.25) is 0 Å². The smallest absolute Gasteiger partial charge is 0.298 e. The van der Waals surface area contributed by atoms with E-state index in [1.54, 1.807) is 0 Å². The maximum Gasteiger partial charge on any atom is 0.298 e. The number of hydrogen-bond donors (Lipinski definition) is 0. The van der Waals surface area contributed by atoms with E-state index in [9.17, 15) is 0 Å². The van der Waals surface area contributed by atoms with Crippen LogP contribution in [0, 0.1) is 0 Å². The summed E-state index contributed by atoms with van der Waals surface area (Å²) in [5.74, 6) is 0. The minimum absolute atomic E-state index is 0.696. The van der Waals surface area contributed by atoms with E-state index in [1.165, 1.54) is 27.6 Å². The van der Waals surface area contributed by atoms with Crippen molar-refractivity contribution in [2.45, 2.75) is 13.1 Å². The van der Waals surface area contributed by atoms with Crippen LogP contribution in [0.4, 0.5) is 6.01 Å². The molecule has 0 N–H and O–H groups in total. The van der Waals surface area contributed by atoms with Crippen LogP contribution in [-0.4, -0.2) is 9.55 Å². The number of aryl methyl sites for hydroxylation is 1. The molecule has 1 aliphatic rings. The van der Waals surface area contributed by atoms with Crippen molar-refractivity contribution in [1.29, 1.82) is 0 Å². The Bertz CT molecular complexity index is 1320. The van der Waals surface area contributed by atoms with Crippen LogP contribution in [0.1, 0.15) is 11.1 Å². The van der Waals surface area contributed by atoms with Gasteiger partial charge in [0.2, 0.25) is 0 Å². The van der Waals surface area contributed by atoms with Crippen LogP contribution in [0.3, 0.4) is 0 Å². The number of aromatic nitrogens is 2. The first-order chi connectivity index (χ1) is 13.8. The van der Waals surface area contributed by atoms with Crippen LogP contribution in [0.2, 0.25) is 0 Å². The third kappa shape index (κ3) is 2.28. The first kappa shape index (κ1) is 15.5. The fourth-order valence-corrected chi connectivity index (χ4v) is 4.24. The minimum Gasteiger partial charge on any atom is -0.423 e. The van der Waals surface area contributed by atoms with Crippen molar-refractivity contribution in [1.82, 2.24) is 9.55 Å². The van der Waals surface area contributed by atoms with Gasteiger partial charge in [0.15, 0.2) is 5.58 Å². The summed E-state index contributed by atoms with van der Waals surface area (Å²) in [6.07, 6.45) is 2.10. The predicted octanol–water partition coefficient (Wildman–Crippen LogP) is 5.51. The molecule has 0 aliphatic carbocycles. The molecule has 4 nitrogen and oxygen atoms in total. The van der Waals surface area contributed by atoms with Crippen LogP contribution < -0.4 is 4.90 Å². The number of oxazole rings is 1. The standard InChI is InChI=1S/C24H19N3O/c1-26-12-11-20-19(7-4-8-22(20)26)16-9-10-21-23(13-16)28-24(25-21)27-14-17-5-2-3-6-18(17)15-27/h2-13H,14-15H2,1H3. The number of rotatable bonds is 2. The highest BCUT2D eigenvalue weighted by atomic mass is 16.4. The summed E-state index contributed by atoms with van der Waals surface area (Å²) in [7, 11) is 2.08. The first-order valence-corrected chi connectivity index (χ1v) is 9.53. The maximum atomic E-state index is 6.17. The van der Waals surface area contributed by atoms with E-state index in [0.717, 1.165) is 29.8 Å². The third-order valence-corrected chi connectivity index (χ3v) is 5.73. The van der Waals surface area contributed by atoms with E-state index in [1.807, 2.05) is 0 Å². The third-order valence-electron chi connectivity index (χ3n) is 5.73. The van der Waals surface area contributed by atoms with Crippen molar-refractivity contribution in [2.24, 2.45) is 7.05 Å². The zero-order chi connectivity index (χ0) is 18.7. The molecule has 0 saturated heterocycles. The Kier molecular flexibility index (Phi) is 3.18. The van der Waals surface area contributed by atoms with Gasteiger partial charge in [-0.05, 0) is 46.5 Å². The molecule has 6 rings (SSSR count). The average molecular weight is 365 g/mol. The molecule has 2 aromatic heterocycles. The van der Waals surface area contributed by atoms with Crippen LogP contribution >= 0.6 is 0 Å². The van der Waals surface area contributed by atoms with Crippen LogP contribution in [0.15, 0.2) is 77.3 Å². The summed E-state index contributed by atoms with van der Waals surface area (Å²) in [5.41, 5.74) is 8.02. The molecule has 3 heterocycles. The molecule has 4 heteroatoms. The predicted molar refractivity (Wildman–Crippen MR) is 112 cm³/mol. The largest absolute Gasteiger partial charge is 0.423 e. The van der Waals surface area contributed by atoms with Crippen LogP contribution in [-0.2, 0) is 20.1 Å². The number of anilines is 1. The normalized spacial score (nSPS) is 13.5. The Balaban J connectivity index is 1.41. The molecule has 0 amide bonds. The van der Waals surface area contributed by atoms with Crippen LogP contribution in [0.25, 0.3) is 33.1 Å². The Labute approximate surface area is 162 Å². The Morgan fingerprint density at radius 2 is 1.71 bits per heavy atom. The Hall–Kier alpha value is -3.53. The second-order valence-electron chi connectivity index (χ2n) is 7.47. The highest BCUT2D eigenvalue weighted by Gasteiger charge is 2.22. The van der Waals surface area contributed by atoms with Crippen molar-refractivity contribution in [3.63, 3.8) is 0 Å². The summed E-state index contributed by atoms with van der Waals surface area (Å²) in [5, 5.41) is 1.25. The Morgan fingerprint density at radius 3 is 2.54 bits per heavy atom. The van der Waals surface area contributed by atoms with Gasteiger partial charge in [-0.25, -0.2) is 0 Å². The molecule has 5 aromatic rings. The van der Waals surface area contributed by atoms with Crippen molar-refractivity contribution in [3.8, 4) is 11.1 Å². The van der Waals surface area contributed by atoms with E-state index >= 15 is 0 Å². The quantitative estimate of drug-likeness (QED) is 0.414. The molecule has 1 aliphatic heterocycles. The van der Waals surface area contributed by atoms with Gasteiger partial charge in [-0.2, -0.15) is 4.98 Å². The zero-order valence-corrected chi connectivity index (χ0v) is 15.6. The molecule has 3 aromatic carbocycles. The summed E-state index contributed by atoms with van der Waals surface area (Å²) in [6, 6.07) is 24.1. The SMILES string of the molecule is Cn1ccc2c(-c3ccc4nc(N5Cc6ccccc6C5)oc4c3)cccc21. The summed E-state index contributed by atoms with van der Waals surface area (Å²) in [4.78, 5) is 6.93. The molecule has 0 fully saturated rings. The van der Waals surface area contributed by atoms with Gasteiger partial charge in [0.05, 0.1) is 0 Å². The second kappa shape index (κ2) is 5.73. The molecule has 0 unspecified atom stereocenters. The molecule has 0 bridgehead atoms. The molecule has 136 valence electrons. The van der Waals surface area contributed by atoms with Crippen molar-refractivity contribution in [3.05, 3.63) is 84.1 Å². The fraction of sp³-hybridized carbons (Fsp3) is 0.125. The summed E-state index contributed by atoms with van der Waals surface area (Å²) < 4.78 is 8.32. The van der Waals surface area contributed by atoms with Gasteiger partial charge in [0.1, 0.15) is 5.52 Å². The fourth-order valence-electron chi connectivity index (χ4n) is 4.24. The summed E-state index contributed by atoms with van der Waals surface area (Å²) >= 11 is 0. The van der Waals surface area contributed by atoms with E-state index in [2.05, 4.69) is 89.4 Å². The van der Waals surface area contributed by atoms with Gasteiger partial charge in [-0.1, -0.05) is 42.5 Å². The number of fused-ring (bicyclic) bond motifs is 3. The Morgan fingerprint density at radius 1 is 0.893 bits per heavy atom. The molecule has 0 saturated carbocycles. The summed E-state index contributed by atoms with van der Waals surface area (Å²) in [6.45, 7) is 1.69. The van der Waals surface area contributed by atoms with Crippen molar-refractivity contribution < 1.29 is 4.42 Å². The number of hydrogen-bond acceptors (Lipinski definition) is 3. The molecule has 28 heavy (non-hydrogen) atoms. The van der Waals surface area contributed by atoms with Gasteiger partial charge in [0, 0.05) is 37.2 Å². The highest BCUT2D eigenvalue weighted by molar-refractivity contribution is 5.97. The van der Waals surface area contributed by atoms with E-state index < -0.39 is 0 Å². The lowest BCUT2D eigenvalue weighted by atomic mass is 10.0. The second-order valence-corrected chi connectivity index (χ2v) is 7.47. The van der Waals surface area contributed by atoms with E-state index in [4.69, 9.17) is 9.40 Å². The average Bonchev–Trinajstić information content (AvgIpc) is 3.43. The lowest BCUT2D eigenvalue weighted by Crippen LogP contribution is -2.14. The van der Waals surface area contributed by atoms with Crippen molar-refractivity contribution >= 4 is 28.0 Å². The van der Waals surface area contributed by atoms with Gasteiger partial charge in [-0.15, -0.1) is 0 Å². The van der Waals surface area contributed by atoms with Gasteiger partial charge >= 0.3 is 0 Å². The lowest BCUT2D eigenvalue weighted by molar-refractivity contribution is 0.573. The number of nitrogens with zero attached hydrogens (tertiary/aromatic N) is 3. The minimum atomic E-state index is 0.696. The molecular formula is C24H19N3O. The van der Waals surface area contributed by atoms with E-state index in [0.29, 0.717) is 6.01 Å². The van der Waals surface area contributed by atoms with Gasteiger partial charge in [0.25, 0.3) is 6.01 Å². The first-order valence-electron chi connectivity index (χ1n) is 9.53. The monoisotopic (exact) mass is 365 g/mol. The molecule has 0 radical (unpaired) electrons. The lowest BCUT2D eigenvalue weighted by Gasteiger charge is -2.10. The topological polar surface area (TPSA) is 34.2 Å². The van der Waals surface area contributed by atoms with Crippen molar-refractivity contribution in [2.75, 3.05) is 4.90 Å². The van der Waals surface area contributed by atoms with Crippen LogP contribution in [0.5, 0.6) is 0 Å². The molecule has 0 atom stereocenters.